The lowest BCUT2D eigenvalue weighted by atomic mass is 10.1. The zero-order valence-corrected chi connectivity index (χ0v) is 14.4. The lowest BCUT2D eigenvalue weighted by molar-refractivity contribution is 0.221. The van der Waals surface area contributed by atoms with Crippen LogP contribution in [0.2, 0.25) is 0 Å². The number of aromatic nitrogens is 2. The van der Waals surface area contributed by atoms with Crippen LogP contribution in [0, 0.1) is 0 Å². The summed E-state index contributed by atoms with van der Waals surface area (Å²) in [6, 6.07) is 4.41. The van der Waals surface area contributed by atoms with E-state index in [1.54, 1.807) is 0 Å². The van der Waals surface area contributed by atoms with Crippen molar-refractivity contribution in [3.8, 4) is 0 Å². The van der Waals surface area contributed by atoms with Gasteiger partial charge in [0.1, 0.15) is 5.65 Å². The molecule has 23 heavy (non-hydrogen) atoms. The average molecular weight is 310 g/mol. The van der Waals surface area contributed by atoms with Crippen molar-refractivity contribution < 1.29 is 0 Å². The zero-order valence-electron chi connectivity index (χ0n) is 14.4. The molecule has 0 atom stereocenters. The lowest BCUT2D eigenvalue weighted by Crippen LogP contribution is -2.29. The third-order valence-electron chi connectivity index (χ3n) is 4.31. The first-order valence-corrected chi connectivity index (χ1v) is 8.54. The SMILES string of the molecule is C/C=C(\N=C(C)C)c1cnc2cc(CN3CCCCC3)ccn12. The van der Waals surface area contributed by atoms with E-state index in [1.165, 1.54) is 37.9 Å². The van der Waals surface area contributed by atoms with Gasteiger partial charge in [-0.15, -0.1) is 0 Å². The Morgan fingerprint density at radius 3 is 2.74 bits per heavy atom. The molecule has 1 aliphatic heterocycles. The molecular weight excluding hydrogens is 284 g/mol. The van der Waals surface area contributed by atoms with E-state index in [0.29, 0.717) is 0 Å². The van der Waals surface area contributed by atoms with Crippen LogP contribution in [0.25, 0.3) is 11.3 Å². The molecule has 4 heteroatoms. The summed E-state index contributed by atoms with van der Waals surface area (Å²) in [5.74, 6) is 0. The van der Waals surface area contributed by atoms with Crippen LogP contribution in [0.15, 0.2) is 35.6 Å². The molecule has 4 nitrogen and oxygen atoms in total. The van der Waals surface area contributed by atoms with Crippen molar-refractivity contribution in [1.29, 1.82) is 0 Å². The highest BCUT2D eigenvalue weighted by Crippen LogP contribution is 2.20. The number of rotatable bonds is 4. The molecule has 2 aromatic rings. The number of hydrogen-bond acceptors (Lipinski definition) is 3. The molecule has 0 radical (unpaired) electrons. The topological polar surface area (TPSA) is 32.9 Å². The molecule has 2 aromatic heterocycles. The van der Waals surface area contributed by atoms with Gasteiger partial charge < -0.3 is 0 Å². The normalized spacial score (nSPS) is 16.7. The van der Waals surface area contributed by atoms with Crippen LogP contribution >= 0.6 is 0 Å². The summed E-state index contributed by atoms with van der Waals surface area (Å²) in [6.07, 6.45) is 10.1. The Balaban J connectivity index is 1.86. The van der Waals surface area contributed by atoms with E-state index in [0.717, 1.165) is 29.3 Å². The standard InChI is InChI=1S/C19H26N4/c1-4-17(21-15(2)3)18-13-20-19-12-16(8-11-23(18)19)14-22-9-6-5-7-10-22/h4,8,11-13H,5-7,9-10,14H2,1-3H3/b17-4-. The van der Waals surface area contributed by atoms with Crippen molar-refractivity contribution in [3.05, 3.63) is 41.9 Å². The third-order valence-corrected chi connectivity index (χ3v) is 4.31. The molecule has 1 aliphatic rings. The summed E-state index contributed by atoms with van der Waals surface area (Å²) in [6.45, 7) is 9.52. The van der Waals surface area contributed by atoms with Crippen LogP contribution < -0.4 is 0 Å². The molecular formula is C19H26N4. The zero-order chi connectivity index (χ0) is 16.2. The second-order valence-electron chi connectivity index (χ2n) is 6.48. The average Bonchev–Trinajstić information content (AvgIpc) is 2.96. The minimum atomic E-state index is 0.973. The van der Waals surface area contributed by atoms with E-state index >= 15 is 0 Å². The van der Waals surface area contributed by atoms with Crippen LogP contribution in [0.4, 0.5) is 0 Å². The molecule has 0 aliphatic carbocycles. The number of nitrogens with zero attached hydrogens (tertiary/aromatic N) is 4. The highest BCUT2D eigenvalue weighted by Gasteiger charge is 2.12. The van der Waals surface area contributed by atoms with E-state index < -0.39 is 0 Å². The largest absolute Gasteiger partial charge is 0.299 e. The molecule has 0 bridgehead atoms. The van der Waals surface area contributed by atoms with Crippen LogP contribution in [0.1, 0.15) is 51.3 Å². The van der Waals surface area contributed by atoms with Gasteiger partial charge in [-0.2, -0.15) is 0 Å². The molecule has 0 aromatic carbocycles. The summed E-state index contributed by atoms with van der Waals surface area (Å²) in [5, 5.41) is 0. The van der Waals surface area contributed by atoms with Crippen LogP contribution in [0.5, 0.6) is 0 Å². The minimum Gasteiger partial charge on any atom is -0.299 e. The summed E-state index contributed by atoms with van der Waals surface area (Å²) < 4.78 is 2.13. The number of piperidine rings is 1. The van der Waals surface area contributed by atoms with Gasteiger partial charge in [0, 0.05) is 18.5 Å². The number of imidazole rings is 1. The van der Waals surface area contributed by atoms with E-state index in [1.807, 2.05) is 33.0 Å². The lowest BCUT2D eigenvalue weighted by Gasteiger charge is -2.26. The first kappa shape index (κ1) is 15.9. The fourth-order valence-corrected chi connectivity index (χ4v) is 3.20. The van der Waals surface area contributed by atoms with Gasteiger partial charge in [0.15, 0.2) is 0 Å². The summed E-state index contributed by atoms with van der Waals surface area (Å²) in [7, 11) is 0. The third kappa shape index (κ3) is 3.70. The number of hydrogen-bond donors (Lipinski definition) is 0. The number of likely N-dealkylation sites (tertiary alicyclic amines) is 1. The van der Waals surface area contributed by atoms with Crippen LogP contribution in [-0.2, 0) is 6.54 Å². The second kappa shape index (κ2) is 7.09. The molecule has 0 unspecified atom stereocenters. The molecule has 0 saturated carbocycles. The fraction of sp³-hybridized carbons (Fsp3) is 0.474. The van der Waals surface area contributed by atoms with Gasteiger partial charge in [-0.05, 0) is 64.4 Å². The Morgan fingerprint density at radius 2 is 2.04 bits per heavy atom. The van der Waals surface area contributed by atoms with E-state index in [4.69, 9.17) is 0 Å². The van der Waals surface area contributed by atoms with E-state index in [-0.39, 0.29) is 0 Å². The number of fused-ring (bicyclic) bond motifs is 1. The van der Waals surface area contributed by atoms with E-state index in [9.17, 15) is 0 Å². The van der Waals surface area contributed by atoms with Crippen molar-refractivity contribution in [1.82, 2.24) is 14.3 Å². The summed E-state index contributed by atoms with van der Waals surface area (Å²) in [4.78, 5) is 11.7. The summed E-state index contributed by atoms with van der Waals surface area (Å²) in [5.41, 5.74) is 5.41. The molecule has 0 spiro atoms. The number of pyridine rings is 1. The number of allylic oxidation sites excluding steroid dienone is 1. The molecule has 122 valence electrons. The Morgan fingerprint density at radius 1 is 1.26 bits per heavy atom. The molecule has 1 saturated heterocycles. The first-order chi connectivity index (χ1) is 11.2. The maximum Gasteiger partial charge on any atom is 0.137 e. The molecule has 0 amide bonds. The van der Waals surface area contributed by atoms with Crippen molar-refractivity contribution in [2.75, 3.05) is 13.1 Å². The molecule has 3 heterocycles. The maximum absolute atomic E-state index is 4.61. The Labute approximate surface area is 138 Å². The minimum absolute atomic E-state index is 0.973. The van der Waals surface area contributed by atoms with Crippen LogP contribution in [-0.4, -0.2) is 33.1 Å². The molecule has 1 fully saturated rings. The summed E-state index contributed by atoms with van der Waals surface area (Å²) >= 11 is 0. The van der Waals surface area contributed by atoms with Crippen molar-refractivity contribution in [2.24, 2.45) is 4.99 Å². The van der Waals surface area contributed by atoms with Gasteiger partial charge in [-0.3, -0.25) is 14.3 Å². The van der Waals surface area contributed by atoms with Crippen molar-refractivity contribution in [3.63, 3.8) is 0 Å². The number of aliphatic imine (C=N–C) groups is 1. The van der Waals surface area contributed by atoms with Gasteiger partial charge in [0.25, 0.3) is 0 Å². The van der Waals surface area contributed by atoms with Crippen LogP contribution in [0.3, 0.4) is 0 Å². The van der Waals surface area contributed by atoms with Crippen molar-refractivity contribution in [2.45, 2.75) is 46.6 Å². The Kier molecular flexibility index (Phi) is 4.91. The highest BCUT2D eigenvalue weighted by molar-refractivity contribution is 5.85. The van der Waals surface area contributed by atoms with Gasteiger partial charge in [-0.1, -0.05) is 12.5 Å². The van der Waals surface area contributed by atoms with Gasteiger partial charge >= 0.3 is 0 Å². The van der Waals surface area contributed by atoms with Gasteiger partial charge in [0.05, 0.1) is 17.6 Å². The van der Waals surface area contributed by atoms with Gasteiger partial charge in [-0.25, -0.2) is 4.98 Å². The first-order valence-electron chi connectivity index (χ1n) is 8.54. The Hall–Kier alpha value is -1.94. The molecule has 3 rings (SSSR count). The van der Waals surface area contributed by atoms with E-state index in [2.05, 4.69) is 37.6 Å². The fourth-order valence-electron chi connectivity index (χ4n) is 3.20. The monoisotopic (exact) mass is 310 g/mol. The Bertz CT molecular complexity index is 729. The smallest absolute Gasteiger partial charge is 0.137 e. The van der Waals surface area contributed by atoms with Crippen molar-refractivity contribution >= 4 is 17.1 Å². The predicted molar refractivity (Wildman–Crippen MR) is 96.8 cm³/mol. The second-order valence-corrected chi connectivity index (χ2v) is 6.48. The predicted octanol–water partition coefficient (Wildman–Crippen LogP) is 4.16. The maximum atomic E-state index is 4.61. The van der Waals surface area contributed by atoms with Gasteiger partial charge in [0.2, 0.25) is 0 Å². The molecule has 0 N–H and O–H groups in total. The highest BCUT2D eigenvalue weighted by atomic mass is 15.1. The quantitative estimate of drug-likeness (QED) is 0.794.